The lowest BCUT2D eigenvalue weighted by Crippen LogP contribution is -2.29. The van der Waals surface area contributed by atoms with Crippen molar-refractivity contribution in [2.24, 2.45) is 0 Å². The summed E-state index contributed by atoms with van der Waals surface area (Å²) in [7, 11) is 0. The van der Waals surface area contributed by atoms with E-state index >= 15 is 0 Å². The van der Waals surface area contributed by atoms with Gasteiger partial charge in [-0.25, -0.2) is 4.98 Å². The molecule has 0 unspecified atom stereocenters. The summed E-state index contributed by atoms with van der Waals surface area (Å²) < 4.78 is 2.73. The maximum absolute atomic E-state index is 12.0. The lowest BCUT2D eigenvalue weighted by Gasteiger charge is -2.08. The molecule has 0 saturated heterocycles. The number of amides is 1. The summed E-state index contributed by atoms with van der Waals surface area (Å²) in [4.78, 5) is 16.5. The third kappa shape index (κ3) is 2.76. The quantitative estimate of drug-likeness (QED) is 0.584. The first-order chi connectivity index (χ1) is 10.6. The zero-order chi connectivity index (χ0) is 15.5. The van der Waals surface area contributed by atoms with Gasteiger partial charge in [0.1, 0.15) is 5.82 Å². The van der Waals surface area contributed by atoms with Gasteiger partial charge < -0.3 is 15.1 Å². The molecule has 6 heteroatoms. The zero-order valence-corrected chi connectivity index (χ0v) is 12.2. The highest BCUT2D eigenvalue weighted by atomic mass is 16.5. The van der Waals surface area contributed by atoms with Gasteiger partial charge >= 0.3 is 0 Å². The van der Waals surface area contributed by atoms with Crippen LogP contribution in [0.1, 0.15) is 16.2 Å². The van der Waals surface area contributed by atoms with Crippen molar-refractivity contribution in [3.63, 3.8) is 0 Å². The van der Waals surface area contributed by atoms with E-state index in [-0.39, 0.29) is 5.91 Å². The first kappa shape index (κ1) is 14.1. The molecule has 2 heterocycles. The van der Waals surface area contributed by atoms with Crippen molar-refractivity contribution in [2.75, 3.05) is 6.54 Å². The molecule has 0 saturated carbocycles. The number of carbonyl (C=O) groups excluding carboxylic acids is 1. The number of fused-ring (bicyclic) bond motifs is 1. The molecular weight excluding hydrogens is 280 g/mol. The van der Waals surface area contributed by atoms with E-state index in [1.165, 1.54) is 24.5 Å². The Balaban J connectivity index is 1.66. The number of nitrogens with one attached hydrogen (secondary N) is 1. The molecule has 1 amide bonds. The topological polar surface area (TPSA) is 73.9 Å². The molecule has 0 radical (unpaired) electrons. The SMILES string of the molecule is Cc1nc2ccccc2n1CCNC(=O)c1cc[n+]([O-])cc1. The Hall–Kier alpha value is -2.89. The second-order valence-corrected chi connectivity index (χ2v) is 5.00. The number of benzene rings is 1. The van der Waals surface area contributed by atoms with Crippen LogP contribution >= 0.6 is 0 Å². The predicted octanol–water partition coefficient (Wildman–Crippen LogP) is 1.41. The Morgan fingerprint density at radius 1 is 1.27 bits per heavy atom. The van der Waals surface area contributed by atoms with Crippen LogP contribution in [0.4, 0.5) is 0 Å². The smallest absolute Gasteiger partial charge is 0.251 e. The maximum atomic E-state index is 12.0. The van der Waals surface area contributed by atoms with Crippen LogP contribution in [0.25, 0.3) is 11.0 Å². The molecule has 3 rings (SSSR count). The van der Waals surface area contributed by atoms with Gasteiger partial charge in [-0.15, -0.1) is 0 Å². The predicted molar refractivity (Wildman–Crippen MR) is 82.2 cm³/mol. The van der Waals surface area contributed by atoms with Gasteiger partial charge in [-0.05, 0) is 19.1 Å². The molecule has 1 aromatic carbocycles. The van der Waals surface area contributed by atoms with Gasteiger partial charge in [0.15, 0.2) is 12.4 Å². The number of para-hydroxylation sites is 2. The average Bonchev–Trinajstić information content (AvgIpc) is 2.84. The molecule has 0 spiro atoms. The van der Waals surface area contributed by atoms with Gasteiger partial charge in [0, 0.05) is 25.2 Å². The Morgan fingerprint density at radius 2 is 2.00 bits per heavy atom. The van der Waals surface area contributed by atoms with Crippen LogP contribution in [-0.2, 0) is 6.54 Å². The molecule has 0 atom stereocenters. The Kier molecular flexibility index (Phi) is 3.74. The van der Waals surface area contributed by atoms with E-state index in [0.29, 0.717) is 23.4 Å². The highest BCUT2D eigenvalue weighted by molar-refractivity contribution is 5.93. The molecule has 2 aromatic heterocycles. The summed E-state index contributed by atoms with van der Waals surface area (Å²) in [5.74, 6) is 0.727. The number of nitrogens with zero attached hydrogens (tertiary/aromatic N) is 3. The summed E-state index contributed by atoms with van der Waals surface area (Å²) in [6, 6.07) is 10.9. The number of hydrogen-bond donors (Lipinski definition) is 1. The number of pyridine rings is 1. The summed E-state index contributed by atoms with van der Waals surface area (Å²) in [5.41, 5.74) is 2.48. The Labute approximate surface area is 127 Å². The molecule has 112 valence electrons. The monoisotopic (exact) mass is 296 g/mol. The van der Waals surface area contributed by atoms with E-state index in [0.717, 1.165) is 16.9 Å². The van der Waals surface area contributed by atoms with Crippen molar-refractivity contribution in [3.05, 3.63) is 65.4 Å². The molecule has 0 aliphatic carbocycles. The van der Waals surface area contributed by atoms with Gasteiger partial charge in [-0.3, -0.25) is 4.79 Å². The largest absolute Gasteiger partial charge is 0.619 e. The molecule has 3 aromatic rings. The molecule has 1 N–H and O–H groups in total. The summed E-state index contributed by atoms with van der Waals surface area (Å²) >= 11 is 0. The zero-order valence-electron chi connectivity index (χ0n) is 12.2. The van der Waals surface area contributed by atoms with Crippen LogP contribution in [-0.4, -0.2) is 22.0 Å². The lowest BCUT2D eigenvalue weighted by molar-refractivity contribution is -0.605. The van der Waals surface area contributed by atoms with E-state index in [1.807, 2.05) is 31.2 Å². The minimum atomic E-state index is -0.192. The standard InChI is InChI=1S/C16H16N4O2/c1-12-18-14-4-2-3-5-15(14)20(12)11-8-17-16(21)13-6-9-19(22)10-7-13/h2-7,9-10H,8,11H2,1H3,(H,17,21). The van der Waals surface area contributed by atoms with Crippen molar-refractivity contribution in [3.8, 4) is 0 Å². The fraction of sp³-hybridized carbons (Fsp3) is 0.188. The number of imidazole rings is 1. The van der Waals surface area contributed by atoms with Crippen LogP contribution < -0.4 is 10.0 Å². The molecule has 0 aliphatic rings. The third-order valence-corrected chi connectivity index (χ3v) is 3.53. The third-order valence-electron chi connectivity index (χ3n) is 3.53. The highest BCUT2D eigenvalue weighted by Crippen LogP contribution is 2.14. The molecule has 22 heavy (non-hydrogen) atoms. The van der Waals surface area contributed by atoms with E-state index in [2.05, 4.69) is 14.9 Å². The average molecular weight is 296 g/mol. The summed E-state index contributed by atoms with van der Waals surface area (Å²) in [5, 5.41) is 13.8. The molecule has 0 fully saturated rings. The number of rotatable bonds is 4. The van der Waals surface area contributed by atoms with Gasteiger partial charge in [0.25, 0.3) is 5.91 Å². The first-order valence-corrected chi connectivity index (χ1v) is 7.04. The van der Waals surface area contributed by atoms with Crippen LogP contribution in [0.15, 0.2) is 48.8 Å². The van der Waals surface area contributed by atoms with E-state index in [9.17, 15) is 10.0 Å². The second kappa shape index (κ2) is 5.85. The highest BCUT2D eigenvalue weighted by Gasteiger charge is 2.08. The number of hydrogen-bond acceptors (Lipinski definition) is 3. The van der Waals surface area contributed by atoms with E-state index in [4.69, 9.17) is 0 Å². The van der Waals surface area contributed by atoms with Crippen LogP contribution in [0.5, 0.6) is 0 Å². The summed E-state index contributed by atoms with van der Waals surface area (Å²) in [6.45, 7) is 3.09. The molecular formula is C16H16N4O2. The molecule has 0 aliphatic heterocycles. The normalized spacial score (nSPS) is 10.8. The first-order valence-electron chi connectivity index (χ1n) is 7.04. The second-order valence-electron chi connectivity index (χ2n) is 5.00. The van der Waals surface area contributed by atoms with Crippen molar-refractivity contribution in [1.29, 1.82) is 0 Å². The minimum absolute atomic E-state index is 0.192. The summed E-state index contributed by atoms with van der Waals surface area (Å²) in [6.07, 6.45) is 2.62. The van der Waals surface area contributed by atoms with Gasteiger partial charge in [0.05, 0.1) is 16.6 Å². The van der Waals surface area contributed by atoms with Crippen molar-refractivity contribution < 1.29 is 9.52 Å². The van der Waals surface area contributed by atoms with Gasteiger partial charge in [-0.2, -0.15) is 4.73 Å². The Morgan fingerprint density at radius 3 is 2.77 bits per heavy atom. The number of aromatic nitrogens is 3. The van der Waals surface area contributed by atoms with Crippen LogP contribution in [0, 0.1) is 12.1 Å². The van der Waals surface area contributed by atoms with Gasteiger partial charge in [0.2, 0.25) is 0 Å². The van der Waals surface area contributed by atoms with Crippen molar-refractivity contribution >= 4 is 16.9 Å². The van der Waals surface area contributed by atoms with E-state index < -0.39 is 0 Å². The van der Waals surface area contributed by atoms with Crippen molar-refractivity contribution in [2.45, 2.75) is 13.5 Å². The van der Waals surface area contributed by atoms with E-state index in [1.54, 1.807) is 0 Å². The lowest BCUT2D eigenvalue weighted by atomic mass is 10.2. The molecule has 0 bridgehead atoms. The van der Waals surface area contributed by atoms with Crippen molar-refractivity contribution in [1.82, 2.24) is 14.9 Å². The minimum Gasteiger partial charge on any atom is -0.619 e. The fourth-order valence-corrected chi connectivity index (χ4v) is 2.43. The number of carbonyl (C=O) groups is 1. The fourth-order valence-electron chi connectivity index (χ4n) is 2.43. The van der Waals surface area contributed by atoms with Crippen LogP contribution in [0.3, 0.4) is 0 Å². The maximum Gasteiger partial charge on any atom is 0.251 e. The van der Waals surface area contributed by atoms with Crippen LogP contribution in [0.2, 0.25) is 0 Å². The Bertz CT molecular complexity index is 809. The van der Waals surface area contributed by atoms with Gasteiger partial charge in [-0.1, -0.05) is 12.1 Å². The number of aryl methyl sites for hydroxylation is 1. The molecule has 6 nitrogen and oxygen atoms in total.